The van der Waals surface area contributed by atoms with Crippen LogP contribution in [0.1, 0.15) is 13.8 Å². The second kappa shape index (κ2) is 4.46. The molecule has 0 bridgehead atoms. The van der Waals surface area contributed by atoms with E-state index in [1.54, 1.807) is 14.2 Å². The van der Waals surface area contributed by atoms with Crippen molar-refractivity contribution in [1.82, 2.24) is 10.4 Å². The van der Waals surface area contributed by atoms with Gasteiger partial charge in [-0.25, -0.2) is 5.06 Å². The topological polar surface area (TPSA) is 24.5 Å². The first-order valence-corrected chi connectivity index (χ1v) is 3.57. The number of rotatable bonds is 2. The molecule has 0 amide bonds. The van der Waals surface area contributed by atoms with Crippen molar-refractivity contribution in [3.63, 3.8) is 0 Å². The highest BCUT2D eigenvalue weighted by atomic mass is 32.1. The normalized spacial score (nSPS) is 9.70. The molecule has 0 atom stereocenters. The molecule has 0 aliphatic carbocycles. The predicted molar refractivity (Wildman–Crippen MR) is 45.6 cm³/mol. The molecule has 0 unspecified atom stereocenters. The molecule has 0 aliphatic rings. The van der Waals surface area contributed by atoms with Crippen molar-refractivity contribution in [2.24, 2.45) is 0 Å². The van der Waals surface area contributed by atoms with Gasteiger partial charge in [0.25, 0.3) is 0 Å². The van der Waals surface area contributed by atoms with E-state index in [0.29, 0.717) is 11.2 Å². The van der Waals surface area contributed by atoms with Crippen LogP contribution in [-0.4, -0.2) is 30.4 Å². The molecule has 0 saturated carbocycles. The van der Waals surface area contributed by atoms with Crippen LogP contribution in [0.2, 0.25) is 0 Å². The van der Waals surface area contributed by atoms with Crippen LogP contribution in [0.25, 0.3) is 0 Å². The number of nitrogens with one attached hydrogen (secondary N) is 1. The molecule has 0 fully saturated rings. The van der Waals surface area contributed by atoms with Gasteiger partial charge in [0.05, 0.1) is 7.11 Å². The Morgan fingerprint density at radius 2 is 2.10 bits per heavy atom. The standard InChI is InChI=1S/C6H14N2OS/c1-5(2)7-6(10)8(3)9-4/h5H,1-4H3,(H,7,10). The smallest absolute Gasteiger partial charge is 0.193 e. The van der Waals surface area contributed by atoms with Gasteiger partial charge in [-0.1, -0.05) is 0 Å². The summed E-state index contributed by atoms with van der Waals surface area (Å²) in [5.74, 6) is 0. The molecule has 0 heterocycles. The third-order valence-corrected chi connectivity index (χ3v) is 1.35. The molecule has 0 saturated heterocycles. The molecule has 0 aliphatic heterocycles. The zero-order chi connectivity index (χ0) is 8.15. The Hall–Kier alpha value is -0.350. The van der Waals surface area contributed by atoms with Crippen LogP contribution in [0, 0.1) is 0 Å². The van der Waals surface area contributed by atoms with Gasteiger partial charge < -0.3 is 5.32 Å². The average Bonchev–Trinajstić information content (AvgIpc) is 1.85. The SMILES string of the molecule is CON(C)C(=S)NC(C)C. The van der Waals surface area contributed by atoms with E-state index in [4.69, 9.17) is 17.1 Å². The molecule has 0 aromatic carbocycles. The lowest BCUT2D eigenvalue weighted by atomic mass is 10.4. The monoisotopic (exact) mass is 162 g/mol. The van der Waals surface area contributed by atoms with Gasteiger partial charge >= 0.3 is 0 Å². The van der Waals surface area contributed by atoms with Crippen molar-refractivity contribution < 1.29 is 4.84 Å². The van der Waals surface area contributed by atoms with E-state index in [0.717, 1.165) is 0 Å². The molecule has 10 heavy (non-hydrogen) atoms. The molecule has 0 radical (unpaired) electrons. The van der Waals surface area contributed by atoms with E-state index >= 15 is 0 Å². The van der Waals surface area contributed by atoms with E-state index in [1.807, 2.05) is 13.8 Å². The average molecular weight is 162 g/mol. The quantitative estimate of drug-likeness (QED) is 0.478. The van der Waals surface area contributed by atoms with Crippen LogP contribution in [0.4, 0.5) is 0 Å². The number of hydroxylamine groups is 2. The zero-order valence-corrected chi connectivity index (χ0v) is 7.66. The first-order chi connectivity index (χ1) is 4.57. The zero-order valence-electron chi connectivity index (χ0n) is 6.84. The highest BCUT2D eigenvalue weighted by molar-refractivity contribution is 7.80. The minimum Gasteiger partial charge on any atom is -0.359 e. The Morgan fingerprint density at radius 1 is 1.60 bits per heavy atom. The third-order valence-electron chi connectivity index (χ3n) is 0.972. The van der Waals surface area contributed by atoms with Gasteiger partial charge in [0.2, 0.25) is 0 Å². The molecule has 0 rings (SSSR count). The lowest BCUT2D eigenvalue weighted by Crippen LogP contribution is -2.39. The van der Waals surface area contributed by atoms with Gasteiger partial charge in [0, 0.05) is 13.1 Å². The first kappa shape index (κ1) is 9.65. The molecule has 3 nitrogen and oxygen atoms in total. The van der Waals surface area contributed by atoms with Crippen LogP contribution >= 0.6 is 12.2 Å². The van der Waals surface area contributed by atoms with Gasteiger partial charge in [-0.3, -0.25) is 4.84 Å². The minimum absolute atomic E-state index is 0.352. The molecular weight excluding hydrogens is 148 g/mol. The lowest BCUT2D eigenvalue weighted by molar-refractivity contribution is -0.0427. The number of thiocarbonyl (C=S) groups is 1. The summed E-state index contributed by atoms with van der Waals surface area (Å²) in [5.41, 5.74) is 0. The van der Waals surface area contributed by atoms with Gasteiger partial charge in [0.15, 0.2) is 5.11 Å². The van der Waals surface area contributed by atoms with Crippen molar-refractivity contribution in [1.29, 1.82) is 0 Å². The maximum atomic E-state index is 4.94. The van der Waals surface area contributed by atoms with Crippen molar-refractivity contribution in [2.75, 3.05) is 14.2 Å². The predicted octanol–water partition coefficient (Wildman–Crippen LogP) is 0.762. The summed E-state index contributed by atoms with van der Waals surface area (Å²) in [6.07, 6.45) is 0. The maximum absolute atomic E-state index is 4.94. The fourth-order valence-electron chi connectivity index (χ4n) is 0.421. The van der Waals surface area contributed by atoms with Crippen molar-refractivity contribution in [2.45, 2.75) is 19.9 Å². The Morgan fingerprint density at radius 3 is 2.40 bits per heavy atom. The Balaban J connectivity index is 3.62. The van der Waals surface area contributed by atoms with E-state index in [-0.39, 0.29) is 0 Å². The molecule has 0 aromatic rings. The molecule has 1 N–H and O–H groups in total. The summed E-state index contributed by atoms with van der Waals surface area (Å²) < 4.78 is 0. The first-order valence-electron chi connectivity index (χ1n) is 3.16. The van der Waals surface area contributed by atoms with Crippen molar-refractivity contribution in [3.05, 3.63) is 0 Å². The maximum Gasteiger partial charge on any atom is 0.193 e. The van der Waals surface area contributed by atoms with Crippen molar-refractivity contribution in [3.8, 4) is 0 Å². The van der Waals surface area contributed by atoms with E-state index in [1.165, 1.54) is 5.06 Å². The summed E-state index contributed by atoms with van der Waals surface area (Å²) in [7, 11) is 3.34. The highest BCUT2D eigenvalue weighted by Gasteiger charge is 2.02. The largest absolute Gasteiger partial charge is 0.359 e. The van der Waals surface area contributed by atoms with Crippen LogP contribution in [0.15, 0.2) is 0 Å². The van der Waals surface area contributed by atoms with Crippen LogP contribution in [-0.2, 0) is 4.84 Å². The highest BCUT2D eigenvalue weighted by Crippen LogP contribution is 1.86. The summed E-state index contributed by atoms with van der Waals surface area (Å²) in [6, 6.07) is 0.352. The van der Waals surface area contributed by atoms with Crippen LogP contribution < -0.4 is 5.32 Å². The number of hydrogen-bond donors (Lipinski definition) is 1. The fourth-order valence-corrected chi connectivity index (χ4v) is 0.731. The van der Waals surface area contributed by atoms with Gasteiger partial charge in [0.1, 0.15) is 0 Å². The molecule has 60 valence electrons. The summed E-state index contributed by atoms with van der Waals surface area (Å²) in [6.45, 7) is 4.05. The number of nitrogens with zero attached hydrogens (tertiary/aromatic N) is 1. The summed E-state index contributed by atoms with van der Waals surface area (Å²) in [4.78, 5) is 4.84. The molecule has 4 heteroatoms. The molecular formula is C6H14N2OS. The minimum atomic E-state index is 0.352. The Bertz CT molecular complexity index is 116. The summed E-state index contributed by atoms with van der Waals surface area (Å²) in [5, 5.41) is 5.14. The van der Waals surface area contributed by atoms with E-state index in [9.17, 15) is 0 Å². The lowest BCUT2D eigenvalue weighted by Gasteiger charge is -2.19. The van der Waals surface area contributed by atoms with Crippen LogP contribution in [0.5, 0.6) is 0 Å². The second-order valence-electron chi connectivity index (χ2n) is 2.28. The fraction of sp³-hybridized carbons (Fsp3) is 0.833. The second-order valence-corrected chi connectivity index (χ2v) is 2.67. The van der Waals surface area contributed by atoms with Gasteiger partial charge in [-0.2, -0.15) is 0 Å². The van der Waals surface area contributed by atoms with E-state index in [2.05, 4.69) is 5.32 Å². The van der Waals surface area contributed by atoms with E-state index < -0.39 is 0 Å². The van der Waals surface area contributed by atoms with Gasteiger partial charge in [-0.05, 0) is 26.1 Å². The Kier molecular flexibility index (Phi) is 4.31. The van der Waals surface area contributed by atoms with Crippen molar-refractivity contribution >= 4 is 17.3 Å². The Labute approximate surface area is 67.3 Å². The van der Waals surface area contributed by atoms with Gasteiger partial charge in [-0.15, -0.1) is 0 Å². The number of hydrogen-bond acceptors (Lipinski definition) is 2. The third kappa shape index (κ3) is 3.63. The van der Waals surface area contributed by atoms with Crippen LogP contribution in [0.3, 0.4) is 0 Å². The molecule has 0 spiro atoms. The molecule has 0 aromatic heterocycles. The summed E-state index contributed by atoms with van der Waals surface area (Å²) >= 11 is 4.94.